The van der Waals surface area contributed by atoms with Crippen molar-refractivity contribution in [2.45, 2.75) is 0 Å². The Kier molecular flexibility index (Phi) is 9.83. The number of ether oxygens (including phenoxy) is 6. The molecular formula is C24H29NO9S. The number of ketones is 1. The molecule has 0 amide bonds. The smallest absolute Gasteiger partial charge is 0.239 e. The number of allylic oxidation sites excluding steroid dienone is 1. The number of sulfonamides is 1. The van der Waals surface area contributed by atoms with E-state index in [1.807, 2.05) is 0 Å². The molecule has 2 aromatic carbocycles. The third kappa shape index (κ3) is 7.31. The van der Waals surface area contributed by atoms with Gasteiger partial charge in [0.2, 0.25) is 21.5 Å². The summed E-state index contributed by atoms with van der Waals surface area (Å²) in [6.07, 6.45) is 5.35. The van der Waals surface area contributed by atoms with E-state index in [2.05, 4.69) is 4.72 Å². The van der Waals surface area contributed by atoms with Gasteiger partial charge in [-0.25, -0.2) is 8.42 Å². The highest BCUT2D eigenvalue weighted by Gasteiger charge is 2.15. The second-order valence-electron chi connectivity index (χ2n) is 6.93. The zero-order valence-electron chi connectivity index (χ0n) is 20.4. The van der Waals surface area contributed by atoms with Gasteiger partial charge in [-0.05, 0) is 47.5 Å². The lowest BCUT2D eigenvalue weighted by Gasteiger charge is -2.13. The fourth-order valence-corrected chi connectivity index (χ4v) is 3.92. The quantitative estimate of drug-likeness (QED) is 0.408. The minimum absolute atomic E-state index is 0.407. The van der Waals surface area contributed by atoms with Crippen LogP contribution in [0, 0.1) is 0 Å². The fourth-order valence-electron chi connectivity index (χ4n) is 3.10. The molecule has 0 saturated heterocycles. The van der Waals surface area contributed by atoms with Gasteiger partial charge in [0, 0.05) is 6.20 Å². The molecule has 0 fully saturated rings. The van der Waals surface area contributed by atoms with Crippen LogP contribution < -0.4 is 33.1 Å². The van der Waals surface area contributed by atoms with Crippen molar-refractivity contribution < 1.29 is 41.6 Å². The number of benzene rings is 2. The molecule has 10 nitrogen and oxygen atoms in total. The molecule has 0 atom stereocenters. The molecule has 0 aliphatic carbocycles. The van der Waals surface area contributed by atoms with E-state index in [0.717, 1.165) is 0 Å². The number of carbonyl (C=O) groups excluding carboxylic acids is 1. The number of hydrogen-bond acceptors (Lipinski definition) is 9. The maximum absolute atomic E-state index is 12.3. The standard InChI is InChI=1S/C24H29NO9S/c1-29-19-11-16(12-20(30-2)23(19)33-5)7-8-18(26)15-35(27,28)25-10-9-17-13-21(31-3)24(34-6)22(14-17)32-4/h7-14,25H,15H2,1-6H3/b8-7?,10-9+. The molecule has 0 aliphatic heterocycles. The van der Waals surface area contributed by atoms with Crippen LogP contribution in [0.25, 0.3) is 12.2 Å². The van der Waals surface area contributed by atoms with Crippen LogP contribution in [-0.4, -0.2) is 62.6 Å². The van der Waals surface area contributed by atoms with Gasteiger partial charge in [0.05, 0.1) is 42.7 Å². The Morgan fingerprint density at radius 3 is 1.49 bits per heavy atom. The number of carbonyl (C=O) groups is 1. The number of nitrogens with one attached hydrogen (secondary N) is 1. The van der Waals surface area contributed by atoms with Crippen LogP contribution in [-0.2, 0) is 14.8 Å². The number of rotatable bonds is 13. The molecule has 2 rings (SSSR count). The largest absolute Gasteiger partial charge is 0.493 e. The van der Waals surface area contributed by atoms with Crippen LogP contribution in [0.3, 0.4) is 0 Å². The molecule has 0 saturated carbocycles. The summed E-state index contributed by atoms with van der Waals surface area (Å²) in [4.78, 5) is 12.3. The molecule has 190 valence electrons. The Hall–Kier alpha value is -3.86. The van der Waals surface area contributed by atoms with Gasteiger partial charge >= 0.3 is 0 Å². The summed E-state index contributed by atoms with van der Waals surface area (Å²) in [7, 11) is 4.93. The highest BCUT2D eigenvalue weighted by Crippen LogP contribution is 2.39. The highest BCUT2D eigenvalue weighted by atomic mass is 32.2. The van der Waals surface area contributed by atoms with E-state index in [1.54, 1.807) is 24.3 Å². The Bertz CT molecular complexity index is 1150. The Morgan fingerprint density at radius 1 is 0.714 bits per heavy atom. The summed E-state index contributed by atoms with van der Waals surface area (Å²) in [6.45, 7) is 0. The van der Waals surface area contributed by atoms with Gasteiger partial charge in [-0.3, -0.25) is 9.52 Å². The summed E-state index contributed by atoms with van der Waals surface area (Å²) in [5.74, 6) is 1.11. The molecule has 0 aliphatic rings. The minimum atomic E-state index is -3.93. The SMILES string of the molecule is COc1cc(C=CC(=O)CS(=O)(=O)N/C=C/c2cc(OC)c(OC)c(OC)c2)cc(OC)c1OC. The van der Waals surface area contributed by atoms with Crippen molar-refractivity contribution in [3.8, 4) is 34.5 Å². The van der Waals surface area contributed by atoms with Gasteiger partial charge in [-0.2, -0.15) is 0 Å². The average Bonchev–Trinajstić information content (AvgIpc) is 2.85. The summed E-state index contributed by atoms with van der Waals surface area (Å²) < 4.78 is 58.5. The van der Waals surface area contributed by atoms with E-state index >= 15 is 0 Å². The van der Waals surface area contributed by atoms with E-state index in [-0.39, 0.29) is 0 Å². The maximum Gasteiger partial charge on any atom is 0.239 e. The van der Waals surface area contributed by atoms with Gasteiger partial charge in [-0.1, -0.05) is 6.08 Å². The molecule has 0 heterocycles. The molecule has 0 aromatic heterocycles. The monoisotopic (exact) mass is 507 g/mol. The molecular weight excluding hydrogens is 478 g/mol. The zero-order valence-corrected chi connectivity index (χ0v) is 21.2. The third-order valence-corrected chi connectivity index (χ3v) is 5.85. The van der Waals surface area contributed by atoms with E-state index < -0.39 is 21.6 Å². The summed E-state index contributed by atoms with van der Waals surface area (Å²) in [5.41, 5.74) is 1.16. The first-order valence-electron chi connectivity index (χ1n) is 10.2. The average molecular weight is 508 g/mol. The lowest BCUT2D eigenvalue weighted by atomic mass is 10.1. The molecule has 0 bridgehead atoms. The first kappa shape index (κ1) is 27.4. The minimum Gasteiger partial charge on any atom is -0.493 e. The van der Waals surface area contributed by atoms with E-state index in [9.17, 15) is 13.2 Å². The Balaban J connectivity index is 2.10. The van der Waals surface area contributed by atoms with E-state index in [4.69, 9.17) is 28.4 Å². The predicted molar refractivity (Wildman–Crippen MR) is 132 cm³/mol. The Labute approximate surface area is 205 Å². The van der Waals surface area contributed by atoms with Crippen LogP contribution in [0.15, 0.2) is 36.5 Å². The molecule has 0 radical (unpaired) electrons. The molecule has 1 N–H and O–H groups in total. The van der Waals surface area contributed by atoms with Crippen LogP contribution in [0.1, 0.15) is 11.1 Å². The van der Waals surface area contributed by atoms with Crippen molar-refractivity contribution in [2.75, 3.05) is 48.4 Å². The van der Waals surface area contributed by atoms with Gasteiger partial charge in [0.25, 0.3) is 0 Å². The van der Waals surface area contributed by atoms with Crippen molar-refractivity contribution in [1.29, 1.82) is 0 Å². The number of hydrogen-bond donors (Lipinski definition) is 1. The maximum atomic E-state index is 12.3. The van der Waals surface area contributed by atoms with Crippen LogP contribution in [0.5, 0.6) is 34.5 Å². The lowest BCUT2D eigenvalue weighted by Crippen LogP contribution is -2.25. The second-order valence-corrected chi connectivity index (χ2v) is 8.68. The topological polar surface area (TPSA) is 119 Å². The van der Waals surface area contributed by atoms with Crippen molar-refractivity contribution in [2.24, 2.45) is 0 Å². The summed E-state index contributed by atoms with van der Waals surface area (Å²) in [6, 6.07) is 6.57. The van der Waals surface area contributed by atoms with E-state index in [0.29, 0.717) is 45.6 Å². The van der Waals surface area contributed by atoms with Crippen molar-refractivity contribution in [1.82, 2.24) is 4.72 Å². The first-order chi connectivity index (χ1) is 16.7. The van der Waals surface area contributed by atoms with Crippen LogP contribution in [0.4, 0.5) is 0 Å². The normalized spacial score (nSPS) is 11.4. The summed E-state index contributed by atoms with van der Waals surface area (Å²) in [5, 5.41) is 0. The van der Waals surface area contributed by atoms with Gasteiger partial charge in [-0.15, -0.1) is 0 Å². The zero-order chi connectivity index (χ0) is 26.0. The third-order valence-electron chi connectivity index (χ3n) is 4.69. The fraction of sp³-hybridized carbons (Fsp3) is 0.292. The predicted octanol–water partition coefficient (Wildman–Crippen LogP) is 2.91. The first-order valence-corrected chi connectivity index (χ1v) is 11.8. The van der Waals surface area contributed by atoms with Gasteiger partial charge in [0.1, 0.15) is 5.75 Å². The van der Waals surface area contributed by atoms with Gasteiger partial charge in [0.15, 0.2) is 28.8 Å². The van der Waals surface area contributed by atoms with Crippen molar-refractivity contribution in [3.05, 3.63) is 47.7 Å². The molecule has 0 spiro atoms. The van der Waals surface area contributed by atoms with Crippen LogP contribution >= 0.6 is 0 Å². The van der Waals surface area contributed by atoms with Crippen molar-refractivity contribution in [3.63, 3.8) is 0 Å². The highest BCUT2D eigenvalue weighted by molar-refractivity contribution is 7.90. The van der Waals surface area contributed by atoms with E-state index in [1.165, 1.54) is 67.1 Å². The molecule has 0 unspecified atom stereocenters. The molecule has 11 heteroatoms. The van der Waals surface area contributed by atoms with Crippen molar-refractivity contribution >= 4 is 28.0 Å². The number of methoxy groups -OCH3 is 6. The second kappa shape index (κ2) is 12.6. The van der Waals surface area contributed by atoms with Gasteiger partial charge < -0.3 is 28.4 Å². The van der Waals surface area contributed by atoms with Crippen LogP contribution in [0.2, 0.25) is 0 Å². The lowest BCUT2D eigenvalue weighted by molar-refractivity contribution is -0.112. The molecule has 2 aromatic rings. The molecule has 35 heavy (non-hydrogen) atoms. The summed E-state index contributed by atoms with van der Waals surface area (Å²) >= 11 is 0. The Morgan fingerprint density at radius 2 is 1.11 bits per heavy atom.